The second-order valence-corrected chi connectivity index (χ2v) is 5.63. The Balaban J connectivity index is 1.82. The molecule has 0 bridgehead atoms. The third-order valence-electron chi connectivity index (χ3n) is 3.42. The van der Waals surface area contributed by atoms with Crippen molar-refractivity contribution in [2.45, 2.75) is 20.0 Å². The van der Waals surface area contributed by atoms with Crippen LogP contribution < -0.4 is 4.74 Å². The standard InChI is InChI=1S/C15H22ClNO3/c1-11-7-14(8-12(2)15(11)16)20-10-13(18)9-17-3-5-19-6-4-17/h7-8,13,18H,3-6,9-10H2,1-2H3/t13-/m0/s1. The fourth-order valence-corrected chi connectivity index (χ4v) is 2.43. The highest BCUT2D eigenvalue weighted by atomic mass is 35.5. The largest absolute Gasteiger partial charge is 0.491 e. The van der Waals surface area contributed by atoms with Crippen molar-refractivity contribution in [3.8, 4) is 5.75 Å². The highest BCUT2D eigenvalue weighted by Crippen LogP contribution is 2.25. The first-order valence-electron chi connectivity index (χ1n) is 6.94. The summed E-state index contributed by atoms with van der Waals surface area (Å²) in [4.78, 5) is 2.19. The lowest BCUT2D eigenvalue weighted by Crippen LogP contribution is -2.42. The maximum atomic E-state index is 10.0. The summed E-state index contributed by atoms with van der Waals surface area (Å²) in [6.07, 6.45) is -0.496. The lowest BCUT2D eigenvalue weighted by Gasteiger charge is -2.28. The maximum Gasteiger partial charge on any atom is 0.120 e. The van der Waals surface area contributed by atoms with E-state index in [0.717, 1.165) is 48.2 Å². The van der Waals surface area contributed by atoms with E-state index in [1.54, 1.807) is 0 Å². The Morgan fingerprint density at radius 2 is 1.90 bits per heavy atom. The summed E-state index contributed by atoms with van der Waals surface area (Å²) in [5, 5.41) is 10.8. The van der Waals surface area contributed by atoms with Gasteiger partial charge in [-0.2, -0.15) is 0 Å². The summed E-state index contributed by atoms with van der Waals surface area (Å²) in [6.45, 7) is 8.03. The number of rotatable bonds is 5. The van der Waals surface area contributed by atoms with E-state index in [2.05, 4.69) is 4.90 Å². The zero-order chi connectivity index (χ0) is 14.5. The summed E-state index contributed by atoms with van der Waals surface area (Å²) >= 11 is 6.12. The van der Waals surface area contributed by atoms with E-state index in [-0.39, 0.29) is 6.61 Å². The topological polar surface area (TPSA) is 41.9 Å². The monoisotopic (exact) mass is 299 g/mol. The Bertz CT molecular complexity index is 424. The minimum absolute atomic E-state index is 0.290. The first-order valence-corrected chi connectivity index (χ1v) is 7.32. The number of β-amino-alcohol motifs (C(OH)–C–C–N with tert-alkyl or cyclic N) is 1. The molecule has 0 radical (unpaired) electrons. The van der Waals surface area contributed by atoms with Crippen molar-refractivity contribution in [3.05, 3.63) is 28.3 Å². The van der Waals surface area contributed by atoms with E-state index in [4.69, 9.17) is 21.1 Å². The molecule has 1 fully saturated rings. The van der Waals surface area contributed by atoms with E-state index < -0.39 is 6.10 Å². The number of halogens is 1. The van der Waals surface area contributed by atoms with Crippen molar-refractivity contribution in [1.82, 2.24) is 4.90 Å². The lowest BCUT2D eigenvalue weighted by atomic mass is 10.1. The van der Waals surface area contributed by atoms with Crippen molar-refractivity contribution in [2.24, 2.45) is 0 Å². The molecule has 0 aromatic heterocycles. The summed E-state index contributed by atoms with van der Waals surface area (Å²) in [5.41, 5.74) is 1.98. The van der Waals surface area contributed by atoms with Crippen LogP contribution in [-0.4, -0.2) is 55.6 Å². The SMILES string of the molecule is Cc1cc(OC[C@@H](O)CN2CCOCC2)cc(C)c1Cl. The summed E-state index contributed by atoms with van der Waals surface area (Å²) < 4.78 is 10.9. The molecule has 2 rings (SSSR count). The molecular weight excluding hydrogens is 278 g/mol. The van der Waals surface area contributed by atoms with Gasteiger partial charge in [0.25, 0.3) is 0 Å². The van der Waals surface area contributed by atoms with Gasteiger partial charge in [-0.15, -0.1) is 0 Å². The molecule has 5 heteroatoms. The van der Waals surface area contributed by atoms with Gasteiger partial charge in [-0.25, -0.2) is 0 Å². The van der Waals surface area contributed by atoms with Crippen LogP contribution in [0.15, 0.2) is 12.1 Å². The third kappa shape index (κ3) is 4.35. The van der Waals surface area contributed by atoms with Gasteiger partial charge in [-0.1, -0.05) is 11.6 Å². The summed E-state index contributed by atoms with van der Waals surface area (Å²) in [5.74, 6) is 0.755. The van der Waals surface area contributed by atoms with Crippen LogP contribution in [0.5, 0.6) is 5.75 Å². The second kappa shape index (κ2) is 7.27. The van der Waals surface area contributed by atoms with Gasteiger partial charge in [-0.3, -0.25) is 4.90 Å². The third-order valence-corrected chi connectivity index (χ3v) is 4.02. The van der Waals surface area contributed by atoms with Crippen LogP contribution in [0, 0.1) is 13.8 Å². The molecule has 0 aliphatic carbocycles. The predicted octanol–water partition coefficient (Wildman–Crippen LogP) is 2.03. The van der Waals surface area contributed by atoms with Gasteiger partial charge >= 0.3 is 0 Å². The van der Waals surface area contributed by atoms with Crippen LogP contribution >= 0.6 is 11.6 Å². The molecule has 1 aromatic rings. The zero-order valence-electron chi connectivity index (χ0n) is 12.1. The van der Waals surface area contributed by atoms with E-state index in [9.17, 15) is 5.11 Å². The molecular formula is C15H22ClNO3. The molecule has 1 aliphatic rings. The van der Waals surface area contributed by atoms with E-state index in [1.807, 2.05) is 26.0 Å². The number of hydrogen-bond acceptors (Lipinski definition) is 4. The number of benzene rings is 1. The number of ether oxygens (including phenoxy) is 2. The molecule has 1 aliphatic heterocycles. The van der Waals surface area contributed by atoms with Crippen LogP contribution in [0.4, 0.5) is 0 Å². The van der Waals surface area contributed by atoms with Gasteiger partial charge in [0.05, 0.1) is 13.2 Å². The summed E-state index contributed by atoms with van der Waals surface area (Å²) in [6, 6.07) is 3.80. The van der Waals surface area contributed by atoms with Gasteiger partial charge < -0.3 is 14.6 Å². The van der Waals surface area contributed by atoms with Gasteiger partial charge in [0.1, 0.15) is 18.5 Å². The molecule has 1 N–H and O–H groups in total. The van der Waals surface area contributed by atoms with Crippen molar-refractivity contribution in [2.75, 3.05) is 39.5 Å². The van der Waals surface area contributed by atoms with Crippen molar-refractivity contribution >= 4 is 11.6 Å². The molecule has 1 atom stereocenters. The number of aliphatic hydroxyl groups excluding tert-OH is 1. The zero-order valence-corrected chi connectivity index (χ0v) is 12.8. The van der Waals surface area contributed by atoms with Crippen LogP contribution in [0.25, 0.3) is 0 Å². The fourth-order valence-electron chi connectivity index (χ4n) is 2.32. The lowest BCUT2D eigenvalue weighted by molar-refractivity contribution is 0.00464. The molecule has 20 heavy (non-hydrogen) atoms. The van der Waals surface area contributed by atoms with Gasteiger partial charge in [0.15, 0.2) is 0 Å². The Hall–Kier alpha value is -0.810. The fraction of sp³-hybridized carbons (Fsp3) is 0.600. The molecule has 1 heterocycles. The molecule has 0 amide bonds. The maximum absolute atomic E-state index is 10.0. The van der Waals surface area contributed by atoms with Crippen LogP contribution in [-0.2, 0) is 4.74 Å². The van der Waals surface area contributed by atoms with Crippen molar-refractivity contribution in [1.29, 1.82) is 0 Å². The Morgan fingerprint density at radius 3 is 2.50 bits per heavy atom. The molecule has 112 valence electrons. The molecule has 1 aromatic carbocycles. The number of aryl methyl sites for hydroxylation is 2. The number of nitrogens with zero attached hydrogens (tertiary/aromatic N) is 1. The Kier molecular flexibility index (Phi) is 5.66. The van der Waals surface area contributed by atoms with Gasteiger partial charge in [0, 0.05) is 24.7 Å². The number of aliphatic hydroxyl groups is 1. The average molecular weight is 300 g/mol. The molecule has 0 unspecified atom stereocenters. The Labute approximate surface area is 125 Å². The van der Waals surface area contributed by atoms with Crippen LogP contribution in [0.2, 0.25) is 5.02 Å². The van der Waals surface area contributed by atoms with Crippen LogP contribution in [0.1, 0.15) is 11.1 Å². The van der Waals surface area contributed by atoms with E-state index >= 15 is 0 Å². The smallest absolute Gasteiger partial charge is 0.120 e. The minimum atomic E-state index is -0.496. The normalized spacial score (nSPS) is 18.0. The first kappa shape index (κ1) is 15.6. The van der Waals surface area contributed by atoms with Crippen LogP contribution in [0.3, 0.4) is 0 Å². The van der Waals surface area contributed by atoms with Gasteiger partial charge in [0.2, 0.25) is 0 Å². The summed E-state index contributed by atoms with van der Waals surface area (Å²) in [7, 11) is 0. The molecule has 4 nitrogen and oxygen atoms in total. The second-order valence-electron chi connectivity index (χ2n) is 5.25. The average Bonchev–Trinajstić information content (AvgIpc) is 2.43. The first-order chi connectivity index (χ1) is 9.56. The number of hydrogen-bond donors (Lipinski definition) is 1. The Morgan fingerprint density at radius 1 is 1.30 bits per heavy atom. The van der Waals surface area contributed by atoms with Gasteiger partial charge in [-0.05, 0) is 37.1 Å². The number of morpholine rings is 1. The quantitative estimate of drug-likeness (QED) is 0.903. The van der Waals surface area contributed by atoms with E-state index in [1.165, 1.54) is 0 Å². The predicted molar refractivity (Wildman–Crippen MR) is 79.7 cm³/mol. The van der Waals surface area contributed by atoms with Crippen molar-refractivity contribution in [3.63, 3.8) is 0 Å². The highest BCUT2D eigenvalue weighted by molar-refractivity contribution is 6.32. The van der Waals surface area contributed by atoms with Crippen molar-refractivity contribution < 1.29 is 14.6 Å². The molecule has 1 saturated heterocycles. The molecule has 0 spiro atoms. The minimum Gasteiger partial charge on any atom is -0.491 e. The van der Waals surface area contributed by atoms with E-state index in [0.29, 0.717) is 6.54 Å². The highest BCUT2D eigenvalue weighted by Gasteiger charge is 2.15. The molecule has 0 saturated carbocycles.